The minimum absolute atomic E-state index is 0.0321. The van der Waals surface area contributed by atoms with Crippen molar-refractivity contribution in [1.82, 2.24) is 5.43 Å². The summed E-state index contributed by atoms with van der Waals surface area (Å²) in [5.41, 5.74) is 3.82. The second kappa shape index (κ2) is 9.59. The van der Waals surface area contributed by atoms with Crippen LogP contribution in [0.3, 0.4) is 0 Å². The summed E-state index contributed by atoms with van der Waals surface area (Å²) in [6.07, 6.45) is 0.0321. The average molecular weight is 390 g/mol. The molecule has 27 heavy (non-hydrogen) atoms. The number of carbonyl (C=O) groups is 2. The molecule has 2 aromatic carbocycles. The van der Waals surface area contributed by atoms with Gasteiger partial charge in [0.05, 0.1) is 20.6 Å². The summed E-state index contributed by atoms with van der Waals surface area (Å²) in [7, 11) is 3.00. The third kappa shape index (κ3) is 6.31. The van der Waals surface area contributed by atoms with E-state index in [1.807, 2.05) is 0 Å². The Kier molecular flexibility index (Phi) is 7.19. The Hall–Kier alpha value is -3.06. The topological polar surface area (TPSA) is 89.0 Å². The van der Waals surface area contributed by atoms with E-state index in [0.717, 1.165) is 0 Å². The molecule has 0 aliphatic carbocycles. The summed E-state index contributed by atoms with van der Waals surface area (Å²) in [6.45, 7) is 1.65. The second-order valence-corrected chi connectivity index (χ2v) is 6.06. The highest BCUT2D eigenvalue weighted by Gasteiger charge is 2.10. The number of ether oxygens (including phenoxy) is 2. The number of hydrogen-bond donors (Lipinski definition) is 2. The highest BCUT2D eigenvalue weighted by atomic mass is 35.5. The maximum absolute atomic E-state index is 12.3. The zero-order valence-corrected chi connectivity index (χ0v) is 16.0. The molecule has 2 rings (SSSR count). The van der Waals surface area contributed by atoms with Crippen LogP contribution >= 0.6 is 11.6 Å². The number of hydrogen-bond acceptors (Lipinski definition) is 5. The minimum atomic E-state index is -0.440. The van der Waals surface area contributed by atoms with Gasteiger partial charge in [0, 0.05) is 28.1 Å². The van der Waals surface area contributed by atoms with Crippen LogP contribution in [0, 0.1) is 0 Å². The zero-order valence-electron chi connectivity index (χ0n) is 15.2. The van der Waals surface area contributed by atoms with Crippen LogP contribution in [-0.4, -0.2) is 31.7 Å². The number of nitrogens with one attached hydrogen (secondary N) is 2. The normalized spacial score (nSPS) is 10.9. The van der Waals surface area contributed by atoms with Crippen LogP contribution in [0.15, 0.2) is 47.6 Å². The van der Waals surface area contributed by atoms with E-state index in [2.05, 4.69) is 15.8 Å². The maximum Gasteiger partial charge on any atom is 0.271 e. The summed E-state index contributed by atoms with van der Waals surface area (Å²) >= 11 is 5.80. The first-order valence-corrected chi connectivity index (χ1v) is 8.41. The highest BCUT2D eigenvalue weighted by Crippen LogP contribution is 2.22. The molecular formula is C19H20ClN3O4. The lowest BCUT2D eigenvalue weighted by molar-refractivity contribution is -0.115. The number of halogens is 1. The van der Waals surface area contributed by atoms with Crippen LogP contribution in [0.5, 0.6) is 11.5 Å². The molecule has 0 spiro atoms. The number of anilines is 1. The fourth-order valence-corrected chi connectivity index (χ4v) is 2.29. The molecule has 8 heteroatoms. The summed E-state index contributed by atoms with van der Waals surface area (Å²) in [4.78, 5) is 24.3. The van der Waals surface area contributed by atoms with Crippen molar-refractivity contribution < 1.29 is 19.1 Å². The number of carbonyl (C=O) groups excluding carboxylic acids is 2. The van der Waals surface area contributed by atoms with Gasteiger partial charge >= 0.3 is 0 Å². The Morgan fingerprint density at radius 2 is 1.63 bits per heavy atom. The fraction of sp³-hybridized carbons (Fsp3) is 0.211. The van der Waals surface area contributed by atoms with Gasteiger partial charge in [-0.15, -0.1) is 0 Å². The van der Waals surface area contributed by atoms with E-state index in [9.17, 15) is 9.59 Å². The maximum atomic E-state index is 12.3. The van der Waals surface area contributed by atoms with E-state index in [0.29, 0.717) is 33.5 Å². The Balaban J connectivity index is 1.95. The number of hydrazone groups is 1. The van der Waals surface area contributed by atoms with Crippen molar-refractivity contribution in [3.8, 4) is 11.5 Å². The molecule has 0 saturated carbocycles. The van der Waals surface area contributed by atoms with Gasteiger partial charge in [-0.25, -0.2) is 5.43 Å². The SMILES string of the molecule is COc1cc(OC)cc(C(=O)N/N=C(/C)CC(=O)Nc2ccc(Cl)cc2)c1. The standard InChI is InChI=1S/C19H20ClN3O4/c1-12(8-18(24)21-15-6-4-14(20)5-7-15)22-23-19(25)13-9-16(26-2)11-17(10-13)27-3/h4-7,9-11H,8H2,1-3H3,(H,21,24)(H,23,25)/b22-12-. The molecule has 2 amide bonds. The molecule has 0 aliphatic heterocycles. The molecule has 0 radical (unpaired) electrons. The van der Waals surface area contributed by atoms with Crippen LogP contribution in [0.1, 0.15) is 23.7 Å². The summed E-state index contributed by atoms with van der Waals surface area (Å²) in [6, 6.07) is 11.6. The largest absolute Gasteiger partial charge is 0.497 e. The van der Waals surface area contributed by atoms with E-state index >= 15 is 0 Å². The molecule has 0 unspecified atom stereocenters. The smallest absolute Gasteiger partial charge is 0.271 e. The predicted octanol–water partition coefficient (Wildman–Crippen LogP) is 3.49. The molecule has 0 aliphatic rings. The van der Waals surface area contributed by atoms with Gasteiger partial charge < -0.3 is 14.8 Å². The van der Waals surface area contributed by atoms with E-state index in [-0.39, 0.29) is 12.3 Å². The van der Waals surface area contributed by atoms with Crippen LogP contribution in [0.2, 0.25) is 5.02 Å². The van der Waals surface area contributed by atoms with Gasteiger partial charge in [-0.3, -0.25) is 9.59 Å². The van der Waals surface area contributed by atoms with Crippen molar-refractivity contribution in [2.24, 2.45) is 5.10 Å². The molecule has 2 aromatic rings. The van der Waals surface area contributed by atoms with Gasteiger partial charge in [0.15, 0.2) is 0 Å². The number of methoxy groups -OCH3 is 2. The van der Waals surface area contributed by atoms with Crippen molar-refractivity contribution in [3.63, 3.8) is 0 Å². The lowest BCUT2D eigenvalue weighted by Gasteiger charge is -2.08. The lowest BCUT2D eigenvalue weighted by atomic mass is 10.2. The molecule has 2 N–H and O–H groups in total. The van der Waals surface area contributed by atoms with Crippen molar-refractivity contribution in [1.29, 1.82) is 0 Å². The molecule has 0 fully saturated rings. The van der Waals surface area contributed by atoms with Gasteiger partial charge in [0.25, 0.3) is 5.91 Å². The predicted molar refractivity (Wildman–Crippen MR) is 105 cm³/mol. The van der Waals surface area contributed by atoms with Gasteiger partial charge in [0.1, 0.15) is 11.5 Å². The molecule has 0 aromatic heterocycles. The Bertz CT molecular complexity index is 828. The molecule has 0 heterocycles. The first-order valence-electron chi connectivity index (χ1n) is 8.03. The number of rotatable bonds is 7. The third-order valence-corrected chi connectivity index (χ3v) is 3.76. The Labute approximate surface area is 162 Å². The summed E-state index contributed by atoms with van der Waals surface area (Å²) < 4.78 is 10.3. The van der Waals surface area contributed by atoms with Gasteiger partial charge in [0.2, 0.25) is 5.91 Å². The number of nitrogens with zero attached hydrogens (tertiary/aromatic N) is 1. The zero-order chi connectivity index (χ0) is 19.8. The number of amides is 2. The highest BCUT2D eigenvalue weighted by molar-refractivity contribution is 6.30. The van der Waals surface area contributed by atoms with Crippen LogP contribution in [0.25, 0.3) is 0 Å². The first-order chi connectivity index (χ1) is 12.9. The van der Waals surface area contributed by atoms with Crippen molar-refractivity contribution in [3.05, 3.63) is 53.1 Å². The molecule has 0 bridgehead atoms. The van der Waals surface area contributed by atoms with E-state index < -0.39 is 5.91 Å². The van der Waals surface area contributed by atoms with Crippen LogP contribution in [-0.2, 0) is 4.79 Å². The third-order valence-electron chi connectivity index (χ3n) is 3.51. The molecule has 7 nitrogen and oxygen atoms in total. The monoisotopic (exact) mass is 389 g/mol. The van der Waals surface area contributed by atoms with Crippen LogP contribution in [0.4, 0.5) is 5.69 Å². The molecular weight excluding hydrogens is 370 g/mol. The Morgan fingerprint density at radius 1 is 1.04 bits per heavy atom. The van der Waals surface area contributed by atoms with Gasteiger partial charge in [-0.05, 0) is 43.3 Å². The summed E-state index contributed by atoms with van der Waals surface area (Å²) in [5, 5.41) is 7.27. The second-order valence-electron chi connectivity index (χ2n) is 5.62. The summed E-state index contributed by atoms with van der Waals surface area (Å²) in [5.74, 6) is 0.283. The van der Waals surface area contributed by atoms with Crippen molar-refractivity contribution in [2.75, 3.05) is 19.5 Å². The number of benzene rings is 2. The van der Waals surface area contributed by atoms with Crippen LogP contribution < -0.4 is 20.2 Å². The fourth-order valence-electron chi connectivity index (χ4n) is 2.16. The van der Waals surface area contributed by atoms with Gasteiger partial charge in [-0.2, -0.15) is 5.10 Å². The molecule has 0 atom stereocenters. The van der Waals surface area contributed by atoms with E-state index in [4.69, 9.17) is 21.1 Å². The van der Waals surface area contributed by atoms with Gasteiger partial charge in [-0.1, -0.05) is 11.6 Å². The Morgan fingerprint density at radius 3 is 2.19 bits per heavy atom. The minimum Gasteiger partial charge on any atom is -0.497 e. The first kappa shape index (κ1) is 20.3. The van der Waals surface area contributed by atoms with E-state index in [1.165, 1.54) is 14.2 Å². The van der Waals surface area contributed by atoms with E-state index in [1.54, 1.807) is 49.4 Å². The lowest BCUT2D eigenvalue weighted by Crippen LogP contribution is -2.21. The quantitative estimate of drug-likeness (QED) is 0.560. The van der Waals surface area contributed by atoms with Crippen molar-refractivity contribution in [2.45, 2.75) is 13.3 Å². The average Bonchev–Trinajstić information content (AvgIpc) is 2.67. The molecule has 0 saturated heterocycles. The molecule has 142 valence electrons. The van der Waals surface area contributed by atoms with Crippen molar-refractivity contribution >= 4 is 34.8 Å².